The van der Waals surface area contributed by atoms with Gasteiger partial charge in [0, 0.05) is 17.5 Å². The first-order valence-corrected chi connectivity index (χ1v) is 9.19. The number of ether oxygens (including phenoxy) is 1. The van der Waals surface area contributed by atoms with Gasteiger partial charge in [-0.25, -0.2) is 0 Å². The molecule has 27 heavy (non-hydrogen) atoms. The SMILES string of the molecule is COc1ccc(NC(=O)[C@@H]2CCC[C@@H]2CN)cc1-n1nnnc1C1CC1.Cl. The highest BCUT2D eigenvalue weighted by atomic mass is 35.5. The number of methoxy groups -OCH3 is 1. The summed E-state index contributed by atoms with van der Waals surface area (Å²) in [6, 6.07) is 5.54. The van der Waals surface area contributed by atoms with E-state index in [1.807, 2.05) is 18.2 Å². The molecule has 1 aromatic carbocycles. The maximum Gasteiger partial charge on any atom is 0.227 e. The Morgan fingerprint density at radius 1 is 1.33 bits per heavy atom. The van der Waals surface area contributed by atoms with Crippen molar-refractivity contribution in [2.24, 2.45) is 17.6 Å². The molecular weight excluding hydrogens is 368 g/mol. The number of nitrogens with one attached hydrogen (secondary N) is 1. The van der Waals surface area contributed by atoms with E-state index in [1.54, 1.807) is 11.8 Å². The largest absolute Gasteiger partial charge is 0.494 e. The van der Waals surface area contributed by atoms with Crippen molar-refractivity contribution in [3.63, 3.8) is 0 Å². The van der Waals surface area contributed by atoms with E-state index in [4.69, 9.17) is 10.5 Å². The second-order valence-corrected chi connectivity index (χ2v) is 7.13. The highest BCUT2D eigenvalue weighted by Crippen LogP contribution is 2.40. The van der Waals surface area contributed by atoms with Crippen LogP contribution in [0.4, 0.5) is 5.69 Å². The average Bonchev–Trinajstić information content (AvgIpc) is 3.20. The van der Waals surface area contributed by atoms with Gasteiger partial charge in [0.15, 0.2) is 5.82 Å². The number of hydrogen-bond acceptors (Lipinski definition) is 6. The number of carbonyl (C=O) groups is 1. The molecule has 2 fully saturated rings. The van der Waals surface area contributed by atoms with E-state index in [0.717, 1.165) is 43.6 Å². The fourth-order valence-corrected chi connectivity index (χ4v) is 3.79. The second-order valence-electron chi connectivity index (χ2n) is 7.13. The van der Waals surface area contributed by atoms with E-state index in [1.165, 1.54) is 0 Å². The smallest absolute Gasteiger partial charge is 0.227 e. The lowest BCUT2D eigenvalue weighted by Gasteiger charge is -2.18. The van der Waals surface area contributed by atoms with Crippen LogP contribution in [0.15, 0.2) is 18.2 Å². The number of aromatic nitrogens is 4. The minimum atomic E-state index is -0.0133. The molecule has 0 radical (unpaired) electrons. The molecule has 0 unspecified atom stereocenters. The normalized spacial score (nSPS) is 21.6. The number of benzene rings is 1. The van der Waals surface area contributed by atoms with Gasteiger partial charge in [-0.1, -0.05) is 6.42 Å². The Labute approximate surface area is 164 Å². The summed E-state index contributed by atoms with van der Waals surface area (Å²) in [5, 5.41) is 15.1. The zero-order valence-electron chi connectivity index (χ0n) is 15.3. The molecular formula is C18H25ClN6O2. The van der Waals surface area contributed by atoms with E-state index in [9.17, 15) is 4.79 Å². The van der Waals surface area contributed by atoms with Gasteiger partial charge < -0.3 is 15.8 Å². The van der Waals surface area contributed by atoms with Gasteiger partial charge >= 0.3 is 0 Å². The molecule has 0 spiro atoms. The summed E-state index contributed by atoms with van der Waals surface area (Å²) in [5.41, 5.74) is 7.26. The van der Waals surface area contributed by atoms with Crippen LogP contribution in [0.25, 0.3) is 5.69 Å². The lowest BCUT2D eigenvalue weighted by molar-refractivity contribution is -0.120. The highest BCUT2D eigenvalue weighted by Gasteiger charge is 2.33. The van der Waals surface area contributed by atoms with Crippen molar-refractivity contribution in [1.82, 2.24) is 20.2 Å². The van der Waals surface area contributed by atoms with Gasteiger partial charge in [-0.3, -0.25) is 4.79 Å². The third-order valence-electron chi connectivity index (χ3n) is 5.41. The monoisotopic (exact) mass is 392 g/mol. The molecule has 0 saturated heterocycles. The molecule has 2 aromatic rings. The van der Waals surface area contributed by atoms with Crippen LogP contribution in [0.3, 0.4) is 0 Å². The third-order valence-corrected chi connectivity index (χ3v) is 5.41. The summed E-state index contributed by atoms with van der Waals surface area (Å²) >= 11 is 0. The Bertz CT molecular complexity index is 807. The summed E-state index contributed by atoms with van der Waals surface area (Å²) in [6.07, 6.45) is 5.18. The molecule has 8 nitrogen and oxygen atoms in total. The van der Waals surface area contributed by atoms with E-state index in [-0.39, 0.29) is 30.2 Å². The standard InChI is InChI=1S/C18H24N6O2.ClH/c1-26-16-8-7-13(20-18(25)14-4-2-3-12(14)10-19)9-15(16)24-17(11-5-6-11)21-22-23-24;/h7-9,11-12,14H,2-6,10,19H2,1H3,(H,20,25);1H/t12-,14-;/m1./s1. The summed E-state index contributed by atoms with van der Waals surface area (Å²) < 4.78 is 7.19. The van der Waals surface area contributed by atoms with Gasteiger partial charge in [-0.15, -0.1) is 17.5 Å². The predicted octanol–water partition coefficient (Wildman–Crippen LogP) is 2.28. The van der Waals surface area contributed by atoms with E-state index < -0.39 is 0 Å². The Kier molecular flexibility index (Phi) is 5.96. The van der Waals surface area contributed by atoms with Crippen LogP contribution >= 0.6 is 12.4 Å². The zero-order valence-corrected chi connectivity index (χ0v) is 16.1. The maximum absolute atomic E-state index is 12.7. The number of tetrazole rings is 1. The fourth-order valence-electron chi connectivity index (χ4n) is 3.79. The maximum atomic E-state index is 12.7. The first-order valence-electron chi connectivity index (χ1n) is 9.19. The van der Waals surface area contributed by atoms with Crippen molar-refractivity contribution in [2.75, 3.05) is 19.0 Å². The Morgan fingerprint density at radius 3 is 2.85 bits per heavy atom. The summed E-state index contributed by atoms with van der Waals surface area (Å²) in [7, 11) is 1.61. The minimum Gasteiger partial charge on any atom is -0.494 e. The number of hydrogen-bond donors (Lipinski definition) is 2. The zero-order chi connectivity index (χ0) is 18.1. The Balaban J connectivity index is 0.00000210. The van der Waals surface area contributed by atoms with Crippen molar-refractivity contribution in [3.05, 3.63) is 24.0 Å². The Morgan fingerprint density at radius 2 is 2.15 bits per heavy atom. The Hall–Kier alpha value is -2.19. The summed E-state index contributed by atoms with van der Waals surface area (Å²) in [5.74, 6) is 2.20. The molecule has 3 N–H and O–H groups in total. The molecule has 4 rings (SSSR count). The molecule has 2 saturated carbocycles. The molecule has 2 atom stereocenters. The molecule has 9 heteroatoms. The van der Waals surface area contributed by atoms with Gasteiger partial charge in [0.05, 0.1) is 7.11 Å². The number of rotatable bonds is 6. The van der Waals surface area contributed by atoms with Gasteiger partial charge in [-0.2, -0.15) is 4.68 Å². The summed E-state index contributed by atoms with van der Waals surface area (Å²) in [6.45, 7) is 0.557. The van der Waals surface area contributed by atoms with Crippen LogP contribution < -0.4 is 15.8 Å². The molecule has 0 bridgehead atoms. The van der Waals surface area contributed by atoms with Gasteiger partial charge in [-0.05, 0) is 66.8 Å². The predicted molar refractivity (Wildman–Crippen MR) is 103 cm³/mol. The van der Waals surface area contributed by atoms with Crippen molar-refractivity contribution < 1.29 is 9.53 Å². The first-order chi connectivity index (χ1) is 12.7. The van der Waals surface area contributed by atoms with E-state index >= 15 is 0 Å². The van der Waals surface area contributed by atoms with Gasteiger partial charge in [0.25, 0.3) is 0 Å². The molecule has 2 aliphatic carbocycles. The van der Waals surface area contributed by atoms with Crippen LogP contribution in [0.1, 0.15) is 43.8 Å². The lowest BCUT2D eigenvalue weighted by Crippen LogP contribution is -2.29. The molecule has 2 aliphatic rings. The molecule has 0 aliphatic heterocycles. The van der Waals surface area contributed by atoms with Gasteiger partial charge in [0.2, 0.25) is 5.91 Å². The van der Waals surface area contributed by atoms with Crippen molar-refractivity contribution >= 4 is 24.0 Å². The number of anilines is 1. The lowest BCUT2D eigenvalue weighted by atomic mass is 9.95. The average molecular weight is 393 g/mol. The van der Waals surface area contributed by atoms with Crippen LogP contribution in [0.5, 0.6) is 5.75 Å². The van der Waals surface area contributed by atoms with E-state index in [0.29, 0.717) is 23.9 Å². The fraction of sp³-hybridized carbons (Fsp3) is 0.556. The van der Waals surface area contributed by atoms with E-state index in [2.05, 4.69) is 20.8 Å². The number of carbonyl (C=O) groups excluding carboxylic acids is 1. The summed E-state index contributed by atoms with van der Waals surface area (Å²) in [4.78, 5) is 12.7. The number of nitrogens with zero attached hydrogens (tertiary/aromatic N) is 4. The van der Waals surface area contributed by atoms with Crippen LogP contribution in [-0.2, 0) is 4.79 Å². The van der Waals surface area contributed by atoms with Crippen molar-refractivity contribution in [1.29, 1.82) is 0 Å². The molecule has 1 aromatic heterocycles. The number of nitrogens with two attached hydrogens (primary N) is 1. The van der Waals surface area contributed by atoms with Crippen molar-refractivity contribution in [2.45, 2.75) is 38.0 Å². The highest BCUT2D eigenvalue weighted by molar-refractivity contribution is 5.93. The third kappa shape index (κ3) is 3.91. The number of halogens is 1. The van der Waals surface area contributed by atoms with Gasteiger partial charge in [0.1, 0.15) is 11.4 Å². The van der Waals surface area contributed by atoms with Crippen LogP contribution in [0.2, 0.25) is 0 Å². The quantitative estimate of drug-likeness (QED) is 0.780. The van der Waals surface area contributed by atoms with Crippen LogP contribution in [0, 0.1) is 11.8 Å². The molecule has 146 valence electrons. The van der Waals surface area contributed by atoms with Crippen molar-refractivity contribution in [3.8, 4) is 11.4 Å². The number of amides is 1. The van der Waals surface area contributed by atoms with Crippen LogP contribution in [-0.4, -0.2) is 39.8 Å². The molecule has 1 heterocycles. The molecule has 1 amide bonds. The topological polar surface area (TPSA) is 108 Å². The minimum absolute atomic E-state index is 0. The second kappa shape index (κ2) is 8.22. The first kappa shape index (κ1) is 19.6.